The average molecular weight is 303 g/mol. The molecule has 1 amide bonds. The molecule has 1 aromatic rings. The summed E-state index contributed by atoms with van der Waals surface area (Å²) in [6, 6.07) is 7.24. The molecule has 1 unspecified atom stereocenters. The zero-order chi connectivity index (χ0) is 14.3. The van der Waals surface area contributed by atoms with E-state index in [9.17, 15) is 9.00 Å². The normalized spacial score (nSPS) is 12.2. The first-order valence-corrected chi connectivity index (χ1v) is 7.93. The first-order chi connectivity index (χ1) is 9.04. The maximum atomic E-state index is 11.9. The fraction of sp³-hybridized carbons (Fsp3) is 0.462. The van der Waals surface area contributed by atoms with Crippen molar-refractivity contribution < 1.29 is 9.00 Å². The standard InChI is InChI=1S/C13H19ClN2O2S/c1-16(8-4-7-15)13(17)10-19(18)9-11-5-2-3-6-12(11)14/h2-3,5-6H,4,7-10,15H2,1H3. The monoisotopic (exact) mass is 302 g/mol. The Morgan fingerprint density at radius 1 is 1.42 bits per heavy atom. The van der Waals surface area contributed by atoms with Crippen molar-refractivity contribution in [3.63, 3.8) is 0 Å². The predicted molar refractivity (Wildman–Crippen MR) is 79.5 cm³/mol. The van der Waals surface area contributed by atoms with E-state index in [0.717, 1.165) is 12.0 Å². The largest absolute Gasteiger partial charge is 0.345 e. The molecule has 0 aliphatic carbocycles. The molecule has 1 rings (SSSR count). The summed E-state index contributed by atoms with van der Waals surface area (Å²) in [5.74, 6) is 0.196. The lowest BCUT2D eigenvalue weighted by atomic mass is 10.2. The Morgan fingerprint density at radius 2 is 2.11 bits per heavy atom. The smallest absolute Gasteiger partial charge is 0.234 e. The van der Waals surface area contributed by atoms with Crippen molar-refractivity contribution in [2.45, 2.75) is 12.2 Å². The number of halogens is 1. The van der Waals surface area contributed by atoms with E-state index in [1.165, 1.54) is 0 Å². The van der Waals surface area contributed by atoms with Gasteiger partial charge in [-0.1, -0.05) is 29.8 Å². The van der Waals surface area contributed by atoms with Crippen molar-refractivity contribution in [3.8, 4) is 0 Å². The minimum Gasteiger partial charge on any atom is -0.345 e. The number of nitrogens with two attached hydrogens (primary N) is 1. The minimum absolute atomic E-state index is 0.0201. The van der Waals surface area contributed by atoms with E-state index in [0.29, 0.717) is 23.9 Å². The maximum absolute atomic E-state index is 11.9. The van der Waals surface area contributed by atoms with Gasteiger partial charge < -0.3 is 10.6 Å². The molecule has 0 aliphatic heterocycles. The Labute approximate surface area is 121 Å². The van der Waals surface area contributed by atoms with E-state index >= 15 is 0 Å². The highest BCUT2D eigenvalue weighted by molar-refractivity contribution is 7.84. The zero-order valence-electron chi connectivity index (χ0n) is 11.0. The predicted octanol–water partition coefficient (Wildman–Crippen LogP) is 1.40. The van der Waals surface area contributed by atoms with Crippen LogP contribution in [0.4, 0.5) is 0 Å². The van der Waals surface area contributed by atoms with Crippen LogP contribution in [0.5, 0.6) is 0 Å². The average Bonchev–Trinajstić information content (AvgIpc) is 2.38. The van der Waals surface area contributed by atoms with Gasteiger partial charge in [-0.05, 0) is 24.6 Å². The van der Waals surface area contributed by atoms with Crippen LogP contribution in [0, 0.1) is 0 Å². The van der Waals surface area contributed by atoms with Crippen LogP contribution >= 0.6 is 11.6 Å². The Hall–Kier alpha value is -0.910. The van der Waals surface area contributed by atoms with Gasteiger partial charge in [-0.3, -0.25) is 9.00 Å². The summed E-state index contributed by atoms with van der Waals surface area (Å²) >= 11 is 5.99. The molecule has 0 spiro atoms. The molecular formula is C13H19ClN2O2S. The van der Waals surface area contributed by atoms with Crippen molar-refractivity contribution in [3.05, 3.63) is 34.9 Å². The minimum atomic E-state index is -1.24. The summed E-state index contributed by atoms with van der Waals surface area (Å²) in [6.07, 6.45) is 0.749. The number of hydrogen-bond donors (Lipinski definition) is 1. The molecule has 0 radical (unpaired) electrons. The Balaban J connectivity index is 2.47. The van der Waals surface area contributed by atoms with Gasteiger partial charge in [-0.2, -0.15) is 0 Å². The first-order valence-electron chi connectivity index (χ1n) is 6.07. The van der Waals surface area contributed by atoms with Crippen molar-refractivity contribution in [1.82, 2.24) is 4.90 Å². The van der Waals surface area contributed by atoms with E-state index in [2.05, 4.69) is 0 Å². The fourth-order valence-electron chi connectivity index (χ4n) is 1.54. The van der Waals surface area contributed by atoms with Crippen LogP contribution < -0.4 is 5.73 Å². The molecule has 0 fully saturated rings. The molecule has 0 heterocycles. The Morgan fingerprint density at radius 3 is 2.74 bits per heavy atom. The van der Waals surface area contributed by atoms with Gasteiger partial charge in [0.15, 0.2) is 0 Å². The van der Waals surface area contributed by atoms with Crippen LogP contribution in [0.15, 0.2) is 24.3 Å². The lowest BCUT2D eigenvalue weighted by Gasteiger charge is -2.16. The maximum Gasteiger partial charge on any atom is 0.234 e. The van der Waals surface area contributed by atoms with Crippen LogP contribution in [0.25, 0.3) is 0 Å². The van der Waals surface area contributed by atoms with Gasteiger partial charge in [0.05, 0.1) is 5.75 Å². The molecule has 0 saturated carbocycles. The highest BCUT2D eigenvalue weighted by atomic mass is 35.5. The highest BCUT2D eigenvalue weighted by Gasteiger charge is 2.13. The third-order valence-electron chi connectivity index (χ3n) is 2.68. The van der Waals surface area contributed by atoms with Crippen molar-refractivity contribution in [2.24, 2.45) is 5.73 Å². The number of nitrogens with zero attached hydrogens (tertiary/aromatic N) is 1. The number of benzene rings is 1. The molecule has 0 aliphatic rings. The Kier molecular flexibility index (Phi) is 7.05. The van der Waals surface area contributed by atoms with Crippen LogP contribution in [-0.4, -0.2) is 40.9 Å². The number of carbonyl (C=O) groups is 1. The van der Waals surface area contributed by atoms with Gasteiger partial charge in [0, 0.05) is 29.4 Å². The highest BCUT2D eigenvalue weighted by Crippen LogP contribution is 2.16. The molecule has 4 nitrogen and oxygen atoms in total. The molecule has 0 aromatic heterocycles. The van der Waals surface area contributed by atoms with Crippen LogP contribution in [0.1, 0.15) is 12.0 Å². The van der Waals surface area contributed by atoms with E-state index < -0.39 is 10.8 Å². The molecule has 1 aromatic carbocycles. The Bertz CT molecular complexity index is 454. The fourth-order valence-corrected chi connectivity index (χ4v) is 3.02. The molecule has 0 bridgehead atoms. The van der Waals surface area contributed by atoms with E-state index in [1.807, 2.05) is 18.2 Å². The summed E-state index contributed by atoms with van der Waals surface area (Å²) in [5, 5.41) is 0.583. The second-order valence-electron chi connectivity index (χ2n) is 4.28. The van der Waals surface area contributed by atoms with E-state index in [4.69, 9.17) is 17.3 Å². The third kappa shape index (κ3) is 5.72. The topological polar surface area (TPSA) is 63.4 Å². The van der Waals surface area contributed by atoms with Gasteiger partial charge in [-0.15, -0.1) is 0 Å². The molecule has 2 N–H and O–H groups in total. The summed E-state index contributed by atoms with van der Waals surface area (Å²) < 4.78 is 11.9. The zero-order valence-corrected chi connectivity index (χ0v) is 12.5. The summed E-state index contributed by atoms with van der Waals surface area (Å²) in [4.78, 5) is 13.4. The van der Waals surface area contributed by atoms with Crippen molar-refractivity contribution >= 4 is 28.3 Å². The lowest BCUT2D eigenvalue weighted by molar-refractivity contribution is -0.127. The van der Waals surface area contributed by atoms with E-state index in [-0.39, 0.29) is 11.7 Å². The summed E-state index contributed by atoms with van der Waals surface area (Å²) in [5.41, 5.74) is 6.19. The SMILES string of the molecule is CN(CCCN)C(=O)CS(=O)Cc1ccccc1Cl. The first kappa shape index (κ1) is 16.1. The molecule has 106 valence electrons. The quantitative estimate of drug-likeness (QED) is 0.828. The van der Waals surface area contributed by atoms with Crippen molar-refractivity contribution in [2.75, 3.05) is 25.9 Å². The van der Waals surface area contributed by atoms with Crippen molar-refractivity contribution in [1.29, 1.82) is 0 Å². The third-order valence-corrected chi connectivity index (χ3v) is 4.25. The number of carbonyl (C=O) groups excluding carboxylic acids is 1. The number of hydrogen-bond acceptors (Lipinski definition) is 3. The van der Waals surface area contributed by atoms with Crippen LogP contribution in [-0.2, 0) is 21.3 Å². The molecule has 6 heteroatoms. The van der Waals surface area contributed by atoms with Gasteiger partial charge in [-0.25, -0.2) is 0 Å². The van der Waals surface area contributed by atoms with Gasteiger partial charge in [0.2, 0.25) is 5.91 Å². The molecule has 0 saturated heterocycles. The second-order valence-corrected chi connectivity index (χ2v) is 6.14. The molecule has 1 atom stereocenters. The van der Waals surface area contributed by atoms with Gasteiger partial charge >= 0.3 is 0 Å². The number of amides is 1. The summed E-state index contributed by atoms with van der Waals surface area (Å²) in [7, 11) is 0.455. The van der Waals surface area contributed by atoms with Crippen LogP contribution in [0.3, 0.4) is 0 Å². The summed E-state index contributed by atoms with van der Waals surface area (Å²) in [6.45, 7) is 1.14. The molecular weight excluding hydrogens is 284 g/mol. The van der Waals surface area contributed by atoms with E-state index in [1.54, 1.807) is 18.0 Å². The lowest BCUT2D eigenvalue weighted by Crippen LogP contribution is -2.32. The van der Waals surface area contributed by atoms with Gasteiger partial charge in [0.25, 0.3) is 0 Å². The number of rotatable bonds is 7. The van der Waals surface area contributed by atoms with Gasteiger partial charge in [0.1, 0.15) is 5.75 Å². The van der Waals surface area contributed by atoms with Crippen LogP contribution in [0.2, 0.25) is 5.02 Å². The second kappa shape index (κ2) is 8.30. The molecule has 19 heavy (non-hydrogen) atoms.